The number of nitrogens with one attached hydrogen (secondary N) is 3. The fraction of sp³-hybridized carbons (Fsp3) is 0.471. The molecule has 4 heterocycles. The van der Waals surface area contributed by atoms with Crippen LogP contribution in [0.3, 0.4) is 0 Å². The lowest BCUT2D eigenvalue weighted by atomic mass is 9.80. The molecular formula is C51H64N7O14PS. The summed E-state index contributed by atoms with van der Waals surface area (Å²) in [6, 6.07) is 25.1. The van der Waals surface area contributed by atoms with Gasteiger partial charge in [-0.15, -0.1) is 0 Å². The third-order valence-electron chi connectivity index (χ3n) is 12.8. The number of H-pyrrole nitrogens is 2. The van der Waals surface area contributed by atoms with E-state index in [4.69, 9.17) is 36.9 Å². The molecular weight excluding hydrogens is 998 g/mol. The summed E-state index contributed by atoms with van der Waals surface area (Å²) in [5, 5.41) is 9.20. The van der Waals surface area contributed by atoms with Gasteiger partial charge >= 0.3 is 21.7 Å². The maximum atomic E-state index is 14.4. The summed E-state index contributed by atoms with van der Waals surface area (Å²) in [4.78, 5) is 55.9. The van der Waals surface area contributed by atoms with Gasteiger partial charge in [-0.2, -0.15) is 18.4 Å². The molecule has 0 spiro atoms. The predicted octanol–water partition coefficient (Wildman–Crippen LogP) is 5.58. The molecule has 2 aliphatic heterocycles. The maximum Gasteiger partial charge on any atom is 0.336 e. The van der Waals surface area contributed by atoms with Crippen LogP contribution in [0.1, 0.15) is 93.7 Å². The SMILES string of the molecule is COc1ccc(C(OC[C@H]2O[C@@H](n3cc(C)c(=O)[nH]c3=O)C[C@@H]2NS(=O)(=O)OC[C@H]2O[C@@H](n3cc(C)c(=O)[nH]c3=O)C[C@@H]2OP(OCCCC#N)N(C(C)C)C(C)C)(c2ccccc2)c2ccc(OC)cc2)cc1. The standard InChI is InChI=1S/C51H64N7O14PS/c1-32(2)58(33(3)4)73(68-25-13-12-24-52)72-42-27-46(57-29-35(6)48(60)54-50(57)62)71-44(42)31-69-74(63,64)55-41-26-45(56-28-34(5)47(59)53-49(56)61)70-43(41)30-67-51(36-14-10-9-11-15-36,37-16-20-39(65-7)21-17-37)38-18-22-40(66-8)23-19-38/h9-11,14-23,28-29,32-33,41-46,55H,12-13,25-27,30-31H2,1-8H3,(H,53,59,61)(H,54,60,62)/t41-,42-,43+,44+,45+,46+,73?/m0/s1. The van der Waals surface area contributed by atoms with Crippen molar-refractivity contribution in [3.63, 3.8) is 0 Å². The minimum absolute atomic E-state index is 0.0355. The highest BCUT2D eigenvalue weighted by Gasteiger charge is 2.46. The van der Waals surface area contributed by atoms with Gasteiger partial charge in [-0.3, -0.25) is 32.9 Å². The Morgan fingerprint density at radius 1 is 0.770 bits per heavy atom. The maximum absolute atomic E-state index is 14.4. The number of aromatic nitrogens is 4. The number of rotatable bonds is 24. The van der Waals surface area contributed by atoms with Gasteiger partial charge in [0.25, 0.3) is 19.6 Å². The number of nitrogens with zero attached hydrogens (tertiary/aromatic N) is 4. The van der Waals surface area contributed by atoms with Crippen molar-refractivity contribution in [2.45, 2.75) is 122 Å². The van der Waals surface area contributed by atoms with Crippen LogP contribution in [0.4, 0.5) is 0 Å². The minimum Gasteiger partial charge on any atom is -0.497 e. The van der Waals surface area contributed by atoms with Gasteiger partial charge in [0, 0.05) is 54.9 Å². The first kappa shape index (κ1) is 55.9. The van der Waals surface area contributed by atoms with Crippen molar-refractivity contribution in [1.82, 2.24) is 28.5 Å². The Balaban J connectivity index is 1.21. The van der Waals surface area contributed by atoms with Gasteiger partial charge in [-0.25, -0.2) is 14.3 Å². The minimum atomic E-state index is -4.74. The molecule has 3 aromatic carbocycles. The Morgan fingerprint density at radius 2 is 1.28 bits per heavy atom. The van der Waals surface area contributed by atoms with Gasteiger partial charge < -0.3 is 32.7 Å². The highest BCUT2D eigenvalue weighted by molar-refractivity contribution is 7.84. The van der Waals surface area contributed by atoms with E-state index in [1.807, 2.05) is 111 Å². The molecule has 1 unspecified atom stereocenters. The van der Waals surface area contributed by atoms with Gasteiger partial charge in [-0.1, -0.05) is 54.6 Å². The number of benzene rings is 3. The van der Waals surface area contributed by atoms with Crippen molar-refractivity contribution in [3.05, 3.63) is 161 Å². The van der Waals surface area contributed by atoms with Crippen molar-refractivity contribution in [2.75, 3.05) is 34.0 Å². The van der Waals surface area contributed by atoms with Crippen LogP contribution in [0.5, 0.6) is 11.5 Å². The molecule has 0 amide bonds. The fourth-order valence-corrected chi connectivity index (χ4v) is 11.9. The number of ether oxygens (including phenoxy) is 5. The summed E-state index contributed by atoms with van der Waals surface area (Å²) in [5.41, 5.74) is -1.40. The van der Waals surface area contributed by atoms with Crippen LogP contribution in [-0.2, 0) is 43.3 Å². The summed E-state index contributed by atoms with van der Waals surface area (Å²) < 4.78 is 85.7. The average Bonchev–Trinajstić information content (AvgIpc) is 3.97. The van der Waals surface area contributed by atoms with Crippen molar-refractivity contribution >= 4 is 18.8 Å². The van der Waals surface area contributed by atoms with Gasteiger partial charge in [0.05, 0.1) is 52.3 Å². The van der Waals surface area contributed by atoms with Crippen LogP contribution in [0.2, 0.25) is 0 Å². The Hall–Kier alpha value is -5.83. The van der Waals surface area contributed by atoms with E-state index in [9.17, 15) is 32.9 Å². The summed E-state index contributed by atoms with van der Waals surface area (Å²) >= 11 is 0. The molecule has 3 N–H and O–H groups in total. The molecule has 21 nitrogen and oxygen atoms in total. The normalized spacial score (nSPS) is 20.6. The Morgan fingerprint density at radius 3 is 1.80 bits per heavy atom. The predicted molar refractivity (Wildman–Crippen MR) is 274 cm³/mol. The lowest BCUT2D eigenvalue weighted by Crippen LogP contribution is -2.45. The molecule has 5 aromatic rings. The zero-order chi connectivity index (χ0) is 53.3. The number of nitriles is 1. The van der Waals surface area contributed by atoms with Crippen molar-refractivity contribution in [3.8, 4) is 17.6 Å². The van der Waals surface area contributed by atoms with Crippen molar-refractivity contribution < 1.29 is 45.3 Å². The van der Waals surface area contributed by atoms with E-state index in [1.54, 1.807) is 14.2 Å². The lowest BCUT2D eigenvalue weighted by molar-refractivity contribution is -0.0806. The number of aromatic amines is 2. The molecule has 2 fully saturated rings. The second-order valence-electron chi connectivity index (χ2n) is 18.5. The van der Waals surface area contributed by atoms with Gasteiger partial charge in [-0.05, 0) is 88.9 Å². The number of unbranched alkanes of at least 4 members (excludes halogenated alkanes) is 1. The summed E-state index contributed by atoms with van der Waals surface area (Å²) in [6.45, 7) is 10.4. The van der Waals surface area contributed by atoms with E-state index in [2.05, 4.69) is 20.8 Å². The number of hydrogen-bond acceptors (Lipinski definition) is 16. The Bertz CT molecular complexity index is 3020. The third-order valence-corrected chi connectivity index (χ3v) is 15.9. The summed E-state index contributed by atoms with van der Waals surface area (Å²) in [6.07, 6.45) is -1.86. The Labute approximate surface area is 430 Å². The molecule has 0 radical (unpaired) electrons. The molecule has 2 aromatic heterocycles. The summed E-state index contributed by atoms with van der Waals surface area (Å²) in [5.74, 6) is 1.21. The second-order valence-corrected chi connectivity index (χ2v) is 21.3. The second kappa shape index (κ2) is 24.7. The van der Waals surface area contributed by atoms with E-state index in [0.717, 1.165) is 5.56 Å². The number of hydrogen-bond donors (Lipinski definition) is 3. The molecule has 7 rings (SSSR count). The summed E-state index contributed by atoms with van der Waals surface area (Å²) in [7, 11) is -3.44. The van der Waals surface area contributed by atoms with Gasteiger partial charge in [0.2, 0.25) is 0 Å². The zero-order valence-electron chi connectivity index (χ0n) is 42.6. The highest BCUT2D eigenvalue weighted by Crippen LogP contribution is 2.50. The zero-order valence-corrected chi connectivity index (χ0v) is 44.3. The van der Waals surface area contributed by atoms with Gasteiger partial charge in [0.15, 0.2) is 0 Å². The quantitative estimate of drug-likeness (QED) is 0.0387. The van der Waals surface area contributed by atoms with Crippen LogP contribution in [0.25, 0.3) is 0 Å². The topological polar surface area (TPSA) is 257 Å². The molecule has 398 valence electrons. The molecule has 0 bridgehead atoms. The third kappa shape index (κ3) is 13.0. The average molecular weight is 1060 g/mol. The van der Waals surface area contributed by atoms with Gasteiger partial charge in [0.1, 0.15) is 41.8 Å². The molecule has 2 aliphatic rings. The lowest BCUT2D eigenvalue weighted by Gasteiger charge is -2.37. The van der Waals surface area contributed by atoms with E-state index in [-0.39, 0.29) is 55.7 Å². The fourth-order valence-electron chi connectivity index (χ4n) is 9.10. The van der Waals surface area contributed by atoms with Crippen LogP contribution in [0, 0.1) is 25.2 Å². The van der Waals surface area contributed by atoms with Crippen LogP contribution in [-0.4, -0.2) is 103 Å². The van der Waals surface area contributed by atoms with E-state index in [1.165, 1.54) is 35.4 Å². The molecule has 2 saturated heterocycles. The van der Waals surface area contributed by atoms with E-state index in [0.29, 0.717) is 29.0 Å². The molecule has 0 aliphatic carbocycles. The monoisotopic (exact) mass is 1060 g/mol. The molecule has 23 heteroatoms. The largest absolute Gasteiger partial charge is 0.497 e. The molecule has 74 heavy (non-hydrogen) atoms. The van der Waals surface area contributed by atoms with Crippen molar-refractivity contribution in [2.24, 2.45) is 0 Å². The smallest absolute Gasteiger partial charge is 0.336 e. The number of methoxy groups -OCH3 is 2. The molecule has 7 atom stereocenters. The first-order valence-electron chi connectivity index (χ1n) is 24.2. The van der Waals surface area contributed by atoms with Crippen LogP contribution >= 0.6 is 8.53 Å². The first-order valence-corrected chi connectivity index (χ1v) is 26.8. The Kier molecular flexibility index (Phi) is 18.6. The number of aryl methyl sites for hydroxylation is 2. The highest BCUT2D eigenvalue weighted by atomic mass is 32.2. The van der Waals surface area contributed by atoms with Crippen LogP contribution in [0.15, 0.2) is 110 Å². The van der Waals surface area contributed by atoms with Crippen molar-refractivity contribution in [1.29, 1.82) is 5.26 Å². The molecule has 0 saturated carbocycles. The van der Waals surface area contributed by atoms with Crippen LogP contribution < -0.4 is 36.7 Å². The van der Waals surface area contributed by atoms with E-state index < -0.39 is 90.3 Å². The first-order chi connectivity index (χ1) is 35.4. The van der Waals surface area contributed by atoms with E-state index >= 15 is 0 Å².